The van der Waals surface area contributed by atoms with Crippen LogP contribution in [0.25, 0.3) is 50.5 Å². The molecule has 5 aliphatic rings. The maximum atomic E-state index is 6.10. The number of anilines is 3. The maximum Gasteiger partial charge on any atom is 0.162 e. The number of fused-ring (bicyclic) bond motifs is 4. The van der Waals surface area contributed by atoms with Gasteiger partial charge in [-0.3, -0.25) is 14.8 Å². The Bertz CT molecular complexity index is 2780. The summed E-state index contributed by atoms with van der Waals surface area (Å²) in [5.41, 5.74) is 17.6. The van der Waals surface area contributed by atoms with Crippen molar-refractivity contribution in [1.82, 2.24) is 58.8 Å². The van der Waals surface area contributed by atoms with Crippen molar-refractivity contribution < 1.29 is 0 Å². The number of nitrogens with two attached hydrogens (primary N) is 1. The molecule has 0 radical (unpaired) electrons. The standard InChI is InChI=1S/C25H30N8.C24H29N7/c1-30-10-12-32(13-11-30)18-6-8-31(9-7-18)19-15-27-25-22(16-28-33(25)17-19)21-14-24(26)29-23-5-3-2-4-20(21)23;1-28-11-13-30(14-12-28)18-6-9-29(10-7-18)19-15-26-24-22(16-27-31(24)17-19)20-5-8-25-23-4-2-3-21(20)23/h2-5,14-18H,6-13H2,1H3,(H2,26,29);2,4-5,8,15-18H,3,6-7,9-14H2,1H3. The van der Waals surface area contributed by atoms with Gasteiger partial charge in [-0.15, -0.1) is 0 Å². The summed E-state index contributed by atoms with van der Waals surface area (Å²) < 4.78 is 3.83. The van der Waals surface area contributed by atoms with Gasteiger partial charge in [-0.05, 0) is 81.6 Å². The number of piperidine rings is 2. The van der Waals surface area contributed by atoms with E-state index in [0.717, 1.165) is 88.9 Å². The molecule has 12 rings (SSSR count). The number of pyridine rings is 2. The molecule has 0 bridgehead atoms. The lowest BCUT2D eigenvalue weighted by Gasteiger charge is -2.42. The van der Waals surface area contributed by atoms with Crippen LogP contribution in [0.3, 0.4) is 0 Å². The van der Waals surface area contributed by atoms with E-state index in [1.807, 2.05) is 64.3 Å². The van der Waals surface area contributed by atoms with Crippen molar-refractivity contribution in [3.05, 3.63) is 97.1 Å². The molecule has 330 valence electrons. The van der Waals surface area contributed by atoms with E-state index >= 15 is 0 Å². The molecule has 2 N–H and O–H groups in total. The van der Waals surface area contributed by atoms with Gasteiger partial charge in [-0.1, -0.05) is 24.3 Å². The third-order valence-corrected chi connectivity index (χ3v) is 14.5. The SMILES string of the molecule is CN1CCN(C2CCN(c3cnc4c(-c5cc(N)nc6ccccc56)cnn4c3)CC2)CC1.CN1CCN(C2CCN(c3cnc4c(-c5ccnc6c5CC=C6)cnn4c3)CC2)CC1. The van der Waals surface area contributed by atoms with E-state index in [0.29, 0.717) is 11.9 Å². The molecule has 0 atom stereocenters. The Hall–Kier alpha value is -6.00. The monoisotopic (exact) mass is 858 g/mol. The van der Waals surface area contributed by atoms with Crippen molar-refractivity contribution in [1.29, 1.82) is 0 Å². The van der Waals surface area contributed by atoms with Crippen LogP contribution in [-0.2, 0) is 6.42 Å². The van der Waals surface area contributed by atoms with Gasteiger partial charge in [0.1, 0.15) is 5.82 Å². The Balaban J connectivity index is 0.000000143. The average Bonchev–Trinajstić information content (AvgIpc) is 4.11. The summed E-state index contributed by atoms with van der Waals surface area (Å²) in [6.07, 6.45) is 24.0. The Labute approximate surface area is 374 Å². The third-order valence-electron chi connectivity index (χ3n) is 14.5. The van der Waals surface area contributed by atoms with Crippen molar-refractivity contribution >= 4 is 45.5 Å². The molecule has 1 aliphatic carbocycles. The van der Waals surface area contributed by atoms with Crippen molar-refractivity contribution in [3.8, 4) is 22.3 Å². The Kier molecular flexibility index (Phi) is 11.2. The van der Waals surface area contributed by atoms with Crippen LogP contribution in [0, 0.1) is 0 Å². The van der Waals surface area contributed by atoms with E-state index in [1.54, 1.807) is 0 Å². The second-order valence-corrected chi connectivity index (χ2v) is 18.3. The minimum absolute atomic E-state index is 0.503. The molecule has 7 aromatic rings. The minimum atomic E-state index is 0.503. The van der Waals surface area contributed by atoms with Gasteiger partial charge in [0.2, 0.25) is 0 Å². The summed E-state index contributed by atoms with van der Waals surface area (Å²) >= 11 is 0. The van der Waals surface area contributed by atoms with Crippen molar-refractivity contribution in [2.75, 3.05) is 108 Å². The van der Waals surface area contributed by atoms with E-state index in [2.05, 4.69) is 100 Å². The van der Waals surface area contributed by atoms with Crippen LogP contribution < -0.4 is 15.5 Å². The van der Waals surface area contributed by atoms with Crippen LogP contribution >= 0.6 is 0 Å². The molecule has 0 saturated carbocycles. The first-order valence-electron chi connectivity index (χ1n) is 23.2. The van der Waals surface area contributed by atoms with Crippen LogP contribution in [0.5, 0.6) is 0 Å². The second kappa shape index (κ2) is 17.5. The van der Waals surface area contributed by atoms with E-state index in [4.69, 9.17) is 15.7 Å². The van der Waals surface area contributed by atoms with Gasteiger partial charge in [-0.25, -0.2) is 24.0 Å². The van der Waals surface area contributed by atoms with Crippen molar-refractivity contribution in [2.24, 2.45) is 0 Å². The quantitative estimate of drug-likeness (QED) is 0.232. The van der Waals surface area contributed by atoms with Gasteiger partial charge in [-0.2, -0.15) is 10.2 Å². The predicted molar refractivity (Wildman–Crippen MR) is 256 cm³/mol. The molecule has 4 aliphatic heterocycles. The molecular weight excluding hydrogens is 799 g/mol. The molecular formula is C49H59N15. The lowest BCUT2D eigenvalue weighted by Crippen LogP contribution is -2.52. The van der Waals surface area contributed by atoms with Crippen LogP contribution in [0.4, 0.5) is 17.2 Å². The number of aromatic nitrogens is 8. The third kappa shape index (κ3) is 8.06. The molecule has 4 saturated heterocycles. The van der Waals surface area contributed by atoms with E-state index in [1.165, 1.54) is 94.9 Å². The van der Waals surface area contributed by atoms with Gasteiger partial charge in [0.05, 0.1) is 59.8 Å². The van der Waals surface area contributed by atoms with Crippen LogP contribution in [0.2, 0.25) is 0 Å². The number of rotatable bonds is 6. The number of nitrogen functional groups attached to an aromatic ring is 1. The highest BCUT2D eigenvalue weighted by Gasteiger charge is 2.29. The summed E-state index contributed by atoms with van der Waals surface area (Å²) in [7, 11) is 4.44. The number of benzene rings is 1. The summed E-state index contributed by atoms with van der Waals surface area (Å²) in [6.45, 7) is 13.8. The molecule has 1 aromatic carbocycles. The average molecular weight is 858 g/mol. The lowest BCUT2D eigenvalue weighted by atomic mass is 10.0. The Morgan fingerprint density at radius 2 is 1.12 bits per heavy atom. The van der Waals surface area contributed by atoms with Gasteiger partial charge in [0.25, 0.3) is 0 Å². The molecule has 0 amide bonds. The molecule has 10 heterocycles. The van der Waals surface area contributed by atoms with Crippen LogP contribution in [0.15, 0.2) is 85.9 Å². The first kappa shape index (κ1) is 40.8. The highest BCUT2D eigenvalue weighted by atomic mass is 15.3. The second-order valence-electron chi connectivity index (χ2n) is 18.3. The Morgan fingerprint density at radius 3 is 1.70 bits per heavy atom. The summed E-state index contributed by atoms with van der Waals surface area (Å²) in [6, 6.07) is 13.5. The fraction of sp³-hybridized carbons (Fsp3) is 0.429. The van der Waals surface area contributed by atoms with Crippen LogP contribution in [0.1, 0.15) is 36.9 Å². The number of nitrogens with zero attached hydrogens (tertiary/aromatic N) is 14. The largest absolute Gasteiger partial charge is 0.384 e. The maximum absolute atomic E-state index is 6.10. The number of hydrogen-bond donors (Lipinski definition) is 1. The van der Waals surface area contributed by atoms with Gasteiger partial charge < -0.3 is 25.3 Å². The first-order valence-corrected chi connectivity index (χ1v) is 23.2. The zero-order valence-corrected chi connectivity index (χ0v) is 37.2. The van der Waals surface area contributed by atoms with E-state index in [-0.39, 0.29) is 0 Å². The lowest BCUT2D eigenvalue weighted by molar-refractivity contribution is 0.0982. The first-order chi connectivity index (χ1) is 31.4. The fourth-order valence-corrected chi connectivity index (χ4v) is 10.6. The highest BCUT2D eigenvalue weighted by Crippen LogP contribution is 2.34. The van der Waals surface area contributed by atoms with E-state index in [9.17, 15) is 0 Å². The minimum Gasteiger partial charge on any atom is -0.384 e. The topological polar surface area (TPSA) is 132 Å². The number of likely N-dealkylation sites (N-methyl/N-ethyl adjacent to an activating group) is 2. The summed E-state index contributed by atoms with van der Waals surface area (Å²) in [5, 5.41) is 10.3. The molecule has 15 nitrogen and oxygen atoms in total. The zero-order chi connectivity index (χ0) is 43.1. The smallest absolute Gasteiger partial charge is 0.162 e. The van der Waals surface area contributed by atoms with Gasteiger partial charge >= 0.3 is 0 Å². The number of para-hydroxylation sites is 1. The van der Waals surface area contributed by atoms with Gasteiger partial charge in [0.15, 0.2) is 11.3 Å². The van der Waals surface area contributed by atoms with Crippen molar-refractivity contribution in [2.45, 2.75) is 44.2 Å². The molecule has 0 spiro atoms. The molecule has 64 heavy (non-hydrogen) atoms. The molecule has 15 heteroatoms. The number of piperazine rings is 2. The predicted octanol–water partition coefficient (Wildman–Crippen LogP) is 5.32. The van der Waals surface area contributed by atoms with Gasteiger partial charge in [0, 0.05) is 119 Å². The summed E-state index contributed by atoms with van der Waals surface area (Å²) in [4.78, 5) is 33.8. The number of hydrogen-bond acceptors (Lipinski definition) is 13. The zero-order valence-electron chi connectivity index (χ0n) is 37.2. The van der Waals surface area contributed by atoms with Crippen molar-refractivity contribution in [3.63, 3.8) is 0 Å². The van der Waals surface area contributed by atoms with Crippen LogP contribution in [-0.4, -0.2) is 163 Å². The summed E-state index contributed by atoms with van der Waals surface area (Å²) in [5.74, 6) is 0.503. The molecule has 4 fully saturated rings. The normalized spacial score (nSPS) is 19.8. The molecule has 0 unspecified atom stereocenters. The molecule has 6 aromatic heterocycles. The highest BCUT2D eigenvalue weighted by molar-refractivity contribution is 5.99. The van der Waals surface area contributed by atoms with E-state index < -0.39 is 0 Å². The Morgan fingerprint density at radius 1 is 0.578 bits per heavy atom. The number of allylic oxidation sites excluding steroid dienone is 1. The fourth-order valence-electron chi connectivity index (χ4n) is 10.6.